The Kier molecular flexibility index (Phi) is 3.00. The lowest BCUT2D eigenvalue weighted by Gasteiger charge is -2.04. The summed E-state index contributed by atoms with van der Waals surface area (Å²) >= 11 is 0. The Balaban J connectivity index is 1.97. The maximum atomic E-state index is 5.61. The third-order valence-corrected chi connectivity index (χ3v) is 2.21. The summed E-state index contributed by atoms with van der Waals surface area (Å²) in [4.78, 5) is 8.33. The van der Waals surface area contributed by atoms with E-state index in [9.17, 15) is 0 Å². The van der Waals surface area contributed by atoms with Gasteiger partial charge >= 0.3 is 0 Å². The van der Waals surface area contributed by atoms with Crippen molar-refractivity contribution in [3.05, 3.63) is 47.8 Å². The van der Waals surface area contributed by atoms with Crippen molar-refractivity contribution in [2.45, 2.75) is 13.5 Å². The molecule has 3 N–H and O–H groups in total. The molecule has 0 spiro atoms. The summed E-state index contributed by atoms with van der Waals surface area (Å²) in [7, 11) is 0. The van der Waals surface area contributed by atoms with E-state index >= 15 is 0 Å². The van der Waals surface area contributed by atoms with Crippen LogP contribution in [0.3, 0.4) is 0 Å². The van der Waals surface area contributed by atoms with Crippen LogP contribution in [-0.2, 0) is 6.54 Å². The topological polar surface area (TPSA) is 63.8 Å². The summed E-state index contributed by atoms with van der Waals surface area (Å²) in [5.41, 5.74) is 8.58. The van der Waals surface area contributed by atoms with Crippen molar-refractivity contribution >= 4 is 11.6 Å². The van der Waals surface area contributed by atoms with E-state index in [1.807, 2.05) is 31.2 Å². The summed E-state index contributed by atoms with van der Waals surface area (Å²) in [6.45, 7) is 2.66. The van der Waals surface area contributed by atoms with Crippen LogP contribution in [0.1, 0.15) is 11.1 Å². The van der Waals surface area contributed by atoms with Gasteiger partial charge in [0, 0.05) is 24.6 Å². The maximum absolute atomic E-state index is 5.61. The lowest BCUT2D eigenvalue weighted by Crippen LogP contribution is -2.03. The second-order valence-corrected chi connectivity index (χ2v) is 3.68. The molecule has 0 saturated heterocycles. The summed E-state index contributed by atoms with van der Waals surface area (Å²) < 4.78 is 0. The second-order valence-electron chi connectivity index (χ2n) is 3.68. The molecule has 0 unspecified atom stereocenters. The van der Waals surface area contributed by atoms with Crippen LogP contribution >= 0.6 is 0 Å². The third-order valence-electron chi connectivity index (χ3n) is 2.21. The van der Waals surface area contributed by atoms with Gasteiger partial charge in [-0.25, -0.2) is 9.97 Å². The van der Waals surface area contributed by atoms with Crippen LogP contribution in [0, 0.1) is 6.92 Å². The van der Waals surface area contributed by atoms with Crippen LogP contribution in [0.15, 0.2) is 36.7 Å². The van der Waals surface area contributed by atoms with Crippen molar-refractivity contribution in [2.75, 3.05) is 11.1 Å². The standard InChI is InChI=1S/C12H14N4/c1-9-6-14-12(15-7-9)16-8-10-2-4-11(13)5-3-10/h2-7H,8,13H2,1H3,(H,14,15,16). The van der Waals surface area contributed by atoms with E-state index in [0.29, 0.717) is 12.5 Å². The Labute approximate surface area is 94.5 Å². The number of hydrogen-bond donors (Lipinski definition) is 2. The van der Waals surface area contributed by atoms with Gasteiger partial charge in [-0.3, -0.25) is 0 Å². The van der Waals surface area contributed by atoms with Crippen molar-refractivity contribution in [3.8, 4) is 0 Å². The highest BCUT2D eigenvalue weighted by molar-refractivity contribution is 5.40. The average Bonchev–Trinajstić information content (AvgIpc) is 2.30. The fraction of sp³-hybridized carbons (Fsp3) is 0.167. The van der Waals surface area contributed by atoms with Gasteiger partial charge in [-0.1, -0.05) is 12.1 Å². The number of hydrogen-bond acceptors (Lipinski definition) is 4. The minimum Gasteiger partial charge on any atom is -0.399 e. The molecule has 0 atom stereocenters. The van der Waals surface area contributed by atoms with Crippen LogP contribution in [0.5, 0.6) is 0 Å². The molecule has 0 aliphatic carbocycles. The molecule has 4 nitrogen and oxygen atoms in total. The molecule has 1 heterocycles. The number of rotatable bonds is 3. The molecule has 0 aliphatic heterocycles. The molecule has 0 bridgehead atoms. The minimum absolute atomic E-state index is 0.641. The zero-order chi connectivity index (χ0) is 11.4. The molecule has 82 valence electrons. The number of nitrogens with two attached hydrogens (primary N) is 1. The predicted octanol–water partition coefficient (Wildman–Crippen LogP) is 1.98. The Bertz CT molecular complexity index is 402. The largest absolute Gasteiger partial charge is 0.399 e. The zero-order valence-electron chi connectivity index (χ0n) is 9.14. The molecular weight excluding hydrogens is 200 g/mol. The summed E-state index contributed by atoms with van der Waals surface area (Å²) in [5, 5.41) is 3.14. The van der Waals surface area contributed by atoms with Gasteiger partial charge in [0.15, 0.2) is 0 Å². The van der Waals surface area contributed by atoms with Gasteiger partial charge in [0.05, 0.1) is 0 Å². The number of anilines is 2. The molecule has 4 heteroatoms. The quantitative estimate of drug-likeness (QED) is 0.767. The SMILES string of the molecule is Cc1cnc(NCc2ccc(N)cc2)nc1. The Morgan fingerprint density at radius 2 is 1.75 bits per heavy atom. The number of nitrogens with one attached hydrogen (secondary N) is 1. The Morgan fingerprint density at radius 1 is 1.12 bits per heavy atom. The normalized spacial score (nSPS) is 10.1. The van der Waals surface area contributed by atoms with E-state index < -0.39 is 0 Å². The van der Waals surface area contributed by atoms with Crippen LogP contribution in [0.2, 0.25) is 0 Å². The average molecular weight is 214 g/mol. The first-order valence-electron chi connectivity index (χ1n) is 5.11. The van der Waals surface area contributed by atoms with Crippen molar-refractivity contribution < 1.29 is 0 Å². The van der Waals surface area contributed by atoms with Crippen LogP contribution in [0.25, 0.3) is 0 Å². The Hall–Kier alpha value is -2.10. The number of aryl methyl sites for hydroxylation is 1. The number of nitrogen functional groups attached to an aromatic ring is 1. The first-order valence-corrected chi connectivity index (χ1v) is 5.11. The van der Waals surface area contributed by atoms with E-state index in [0.717, 1.165) is 16.8 Å². The summed E-state index contributed by atoms with van der Waals surface area (Å²) in [6.07, 6.45) is 3.58. The fourth-order valence-electron chi connectivity index (χ4n) is 1.30. The second kappa shape index (κ2) is 4.61. The minimum atomic E-state index is 0.641. The van der Waals surface area contributed by atoms with Crippen LogP contribution in [-0.4, -0.2) is 9.97 Å². The number of aromatic nitrogens is 2. The predicted molar refractivity (Wildman–Crippen MR) is 65.0 cm³/mol. The smallest absolute Gasteiger partial charge is 0.222 e. The first kappa shape index (κ1) is 10.4. The van der Waals surface area contributed by atoms with E-state index in [4.69, 9.17) is 5.73 Å². The van der Waals surface area contributed by atoms with Gasteiger partial charge < -0.3 is 11.1 Å². The van der Waals surface area contributed by atoms with Gasteiger partial charge in [-0.15, -0.1) is 0 Å². The maximum Gasteiger partial charge on any atom is 0.222 e. The molecule has 2 aromatic rings. The highest BCUT2D eigenvalue weighted by atomic mass is 15.1. The van der Waals surface area contributed by atoms with E-state index in [-0.39, 0.29) is 0 Å². The molecule has 0 amide bonds. The van der Waals surface area contributed by atoms with Crippen molar-refractivity contribution in [3.63, 3.8) is 0 Å². The van der Waals surface area contributed by atoms with Gasteiger partial charge in [0.25, 0.3) is 0 Å². The van der Waals surface area contributed by atoms with Gasteiger partial charge in [0.1, 0.15) is 0 Å². The van der Waals surface area contributed by atoms with Gasteiger partial charge in [-0.05, 0) is 30.2 Å². The lowest BCUT2D eigenvalue weighted by atomic mass is 10.2. The molecule has 0 saturated carbocycles. The molecule has 0 aliphatic rings. The zero-order valence-corrected chi connectivity index (χ0v) is 9.14. The summed E-state index contributed by atoms with van der Waals surface area (Å²) in [5.74, 6) is 0.641. The van der Waals surface area contributed by atoms with E-state index in [1.54, 1.807) is 12.4 Å². The molecule has 1 aromatic carbocycles. The molecule has 16 heavy (non-hydrogen) atoms. The highest BCUT2D eigenvalue weighted by Gasteiger charge is 1.96. The number of nitrogens with zero attached hydrogens (tertiary/aromatic N) is 2. The van der Waals surface area contributed by atoms with Gasteiger partial charge in [0.2, 0.25) is 5.95 Å². The molecule has 0 radical (unpaired) electrons. The monoisotopic (exact) mass is 214 g/mol. The fourth-order valence-corrected chi connectivity index (χ4v) is 1.30. The van der Waals surface area contributed by atoms with Crippen molar-refractivity contribution in [1.29, 1.82) is 0 Å². The van der Waals surface area contributed by atoms with Crippen LogP contribution < -0.4 is 11.1 Å². The van der Waals surface area contributed by atoms with E-state index in [2.05, 4.69) is 15.3 Å². The lowest BCUT2D eigenvalue weighted by molar-refractivity contribution is 1.04. The van der Waals surface area contributed by atoms with E-state index in [1.165, 1.54) is 0 Å². The number of benzene rings is 1. The molecule has 2 rings (SSSR count). The van der Waals surface area contributed by atoms with Crippen molar-refractivity contribution in [2.24, 2.45) is 0 Å². The Morgan fingerprint density at radius 3 is 2.38 bits per heavy atom. The first-order chi connectivity index (χ1) is 7.74. The van der Waals surface area contributed by atoms with Gasteiger partial charge in [-0.2, -0.15) is 0 Å². The third kappa shape index (κ3) is 2.70. The highest BCUT2D eigenvalue weighted by Crippen LogP contribution is 2.07. The summed E-state index contributed by atoms with van der Waals surface area (Å²) in [6, 6.07) is 7.73. The molecule has 0 fully saturated rings. The van der Waals surface area contributed by atoms with Crippen LogP contribution in [0.4, 0.5) is 11.6 Å². The van der Waals surface area contributed by atoms with Crippen molar-refractivity contribution in [1.82, 2.24) is 9.97 Å². The molecule has 1 aromatic heterocycles. The molecular formula is C12H14N4.